The molecule has 0 aliphatic carbocycles. The molecule has 4 aromatic carbocycles. The van der Waals surface area contributed by atoms with Crippen LogP contribution in [0.15, 0.2) is 78.9 Å². The number of hydrogen-bond acceptors (Lipinski definition) is 5. The molecule has 1 unspecified atom stereocenters. The summed E-state index contributed by atoms with van der Waals surface area (Å²) in [6, 6.07) is 24.9. The van der Waals surface area contributed by atoms with Gasteiger partial charge in [0.05, 0.1) is 6.54 Å². The number of hydrogen-bond donors (Lipinski definition) is 1. The van der Waals surface area contributed by atoms with Crippen LogP contribution in [0.3, 0.4) is 0 Å². The Hall–Kier alpha value is -4.78. The molecule has 3 heterocycles. The molecule has 2 amide bonds. The third-order valence-corrected chi connectivity index (χ3v) is 7.68. The van der Waals surface area contributed by atoms with Crippen LogP contribution in [0.1, 0.15) is 38.2 Å². The quantitative estimate of drug-likeness (QED) is 0.386. The SMILES string of the molecule is Cc1cc(C)cc(NC(=O)c2ccc(CN3C(=O)C4(COc5cc6c(cc54)OCO6)c4ccccc43)cc2)c1. The molecule has 0 aromatic heterocycles. The van der Waals surface area contributed by atoms with Gasteiger partial charge in [-0.25, -0.2) is 0 Å². The molecule has 1 N–H and O–H groups in total. The first-order valence-electron chi connectivity index (χ1n) is 12.9. The summed E-state index contributed by atoms with van der Waals surface area (Å²) < 4.78 is 17.2. The van der Waals surface area contributed by atoms with Crippen molar-refractivity contribution in [2.45, 2.75) is 25.8 Å². The van der Waals surface area contributed by atoms with Gasteiger partial charge in [-0.3, -0.25) is 9.59 Å². The van der Waals surface area contributed by atoms with E-state index in [1.807, 2.05) is 79.4 Å². The Labute approximate surface area is 225 Å². The number of carbonyl (C=O) groups is 2. The third-order valence-electron chi connectivity index (χ3n) is 7.68. The zero-order valence-corrected chi connectivity index (χ0v) is 21.6. The van der Waals surface area contributed by atoms with E-state index in [4.69, 9.17) is 14.2 Å². The molecule has 0 bridgehead atoms. The van der Waals surface area contributed by atoms with Crippen LogP contribution in [0.25, 0.3) is 0 Å². The minimum Gasteiger partial charge on any atom is -0.491 e. The van der Waals surface area contributed by atoms with Gasteiger partial charge in [-0.2, -0.15) is 0 Å². The lowest BCUT2D eigenvalue weighted by Crippen LogP contribution is -2.42. The Morgan fingerprint density at radius 3 is 2.33 bits per heavy atom. The van der Waals surface area contributed by atoms with Gasteiger partial charge in [0.1, 0.15) is 17.8 Å². The number of anilines is 2. The summed E-state index contributed by atoms with van der Waals surface area (Å²) in [6.07, 6.45) is 0. The molecule has 1 spiro atoms. The van der Waals surface area contributed by atoms with Crippen LogP contribution in [-0.2, 0) is 16.8 Å². The van der Waals surface area contributed by atoms with Crippen molar-refractivity contribution in [2.24, 2.45) is 0 Å². The van der Waals surface area contributed by atoms with Crippen LogP contribution < -0.4 is 24.4 Å². The highest BCUT2D eigenvalue weighted by Gasteiger charge is 2.57. The molecular weight excluding hydrogens is 492 g/mol. The van der Waals surface area contributed by atoms with Crippen LogP contribution >= 0.6 is 0 Å². The van der Waals surface area contributed by atoms with E-state index in [0.29, 0.717) is 29.4 Å². The molecule has 0 fully saturated rings. The number of carbonyl (C=O) groups excluding carboxylic acids is 2. The van der Waals surface area contributed by atoms with Gasteiger partial charge in [-0.15, -0.1) is 0 Å². The molecule has 0 radical (unpaired) electrons. The van der Waals surface area contributed by atoms with Gasteiger partial charge in [0.15, 0.2) is 11.5 Å². The molecule has 3 aliphatic heterocycles. The number of para-hydroxylation sites is 1. The fourth-order valence-electron chi connectivity index (χ4n) is 5.92. The summed E-state index contributed by atoms with van der Waals surface area (Å²) >= 11 is 0. The molecule has 1 atom stereocenters. The van der Waals surface area contributed by atoms with Crippen LogP contribution in [0.2, 0.25) is 0 Å². The van der Waals surface area contributed by atoms with Crippen molar-refractivity contribution in [2.75, 3.05) is 23.6 Å². The van der Waals surface area contributed by atoms with Crippen LogP contribution in [0, 0.1) is 13.8 Å². The number of fused-ring (bicyclic) bond motifs is 5. The molecule has 3 aliphatic rings. The molecule has 0 saturated carbocycles. The number of nitrogens with zero attached hydrogens (tertiary/aromatic N) is 1. The van der Waals surface area contributed by atoms with Crippen molar-refractivity contribution in [3.63, 3.8) is 0 Å². The van der Waals surface area contributed by atoms with Crippen LogP contribution in [0.5, 0.6) is 17.2 Å². The van der Waals surface area contributed by atoms with E-state index in [-0.39, 0.29) is 25.2 Å². The van der Waals surface area contributed by atoms with Crippen molar-refractivity contribution in [1.82, 2.24) is 0 Å². The molecule has 4 aromatic rings. The monoisotopic (exact) mass is 518 g/mol. The highest BCUT2D eigenvalue weighted by Crippen LogP contribution is 2.55. The lowest BCUT2D eigenvalue weighted by atomic mass is 9.77. The van der Waals surface area contributed by atoms with Crippen LogP contribution in [0.4, 0.5) is 11.4 Å². The Balaban J connectivity index is 1.16. The van der Waals surface area contributed by atoms with Gasteiger partial charge in [0.25, 0.3) is 5.91 Å². The zero-order valence-electron chi connectivity index (χ0n) is 21.6. The minimum atomic E-state index is -0.946. The maximum absolute atomic E-state index is 14.2. The predicted molar refractivity (Wildman–Crippen MR) is 147 cm³/mol. The Morgan fingerprint density at radius 2 is 1.56 bits per heavy atom. The summed E-state index contributed by atoms with van der Waals surface area (Å²) in [5, 5.41) is 2.98. The lowest BCUT2D eigenvalue weighted by molar-refractivity contribution is -0.122. The summed E-state index contributed by atoms with van der Waals surface area (Å²) in [7, 11) is 0. The van der Waals surface area contributed by atoms with E-state index in [1.54, 1.807) is 12.1 Å². The number of aryl methyl sites for hydroxylation is 2. The first-order chi connectivity index (χ1) is 18.9. The highest BCUT2D eigenvalue weighted by molar-refractivity contribution is 6.11. The van der Waals surface area contributed by atoms with Gasteiger partial charge in [0, 0.05) is 28.6 Å². The Morgan fingerprint density at radius 1 is 0.846 bits per heavy atom. The summed E-state index contributed by atoms with van der Waals surface area (Å²) in [6.45, 7) is 4.75. The first-order valence-corrected chi connectivity index (χ1v) is 12.9. The standard InChI is InChI=1S/C32H26N2O5/c1-19-11-20(2)13-23(12-19)33-30(35)22-9-7-21(8-10-22)16-34-26-6-4-3-5-24(26)32(31(34)36)17-37-27-15-29-28(14-25(27)32)38-18-39-29/h3-15H,16-18H2,1-2H3,(H,33,35). The molecule has 7 heteroatoms. The predicted octanol–water partition coefficient (Wildman–Crippen LogP) is 5.51. The average Bonchev–Trinajstić information content (AvgIpc) is 3.60. The lowest BCUT2D eigenvalue weighted by Gasteiger charge is -2.23. The average molecular weight is 519 g/mol. The van der Waals surface area contributed by atoms with Gasteiger partial charge in [-0.1, -0.05) is 36.4 Å². The fourth-order valence-corrected chi connectivity index (χ4v) is 5.92. The zero-order chi connectivity index (χ0) is 26.7. The molecular formula is C32H26N2O5. The third kappa shape index (κ3) is 3.65. The van der Waals surface area contributed by atoms with Gasteiger partial charge >= 0.3 is 0 Å². The maximum Gasteiger partial charge on any atom is 0.255 e. The van der Waals surface area contributed by atoms with Gasteiger partial charge < -0.3 is 24.4 Å². The summed E-state index contributed by atoms with van der Waals surface area (Å²) in [5.41, 5.74) is 6.05. The molecule has 7 rings (SSSR count). The maximum atomic E-state index is 14.2. The second-order valence-electron chi connectivity index (χ2n) is 10.3. The summed E-state index contributed by atoms with van der Waals surface area (Å²) in [5.74, 6) is 1.67. The van der Waals surface area contributed by atoms with Crippen molar-refractivity contribution in [3.05, 3.63) is 112 Å². The highest BCUT2D eigenvalue weighted by atomic mass is 16.7. The molecule has 39 heavy (non-hydrogen) atoms. The van der Waals surface area contributed by atoms with Gasteiger partial charge in [0.2, 0.25) is 12.7 Å². The molecule has 0 saturated heterocycles. The van der Waals surface area contributed by atoms with Gasteiger partial charge in [-0.05, 0) is 72.5 Å². The smallest absolute Gasteiger partial charge is 0.255 e. The Kier molecular flexibility index (Phi) is 5.17. The largest absolute Gasteiger partial charge is 0.491 e. The van der Waals surface area contributed by atoms with E-state index in [9.17, 15) is 9.59 Å². The fraction of sp³-hybridized carbons (Fsp3) is 0.188. The number of nitrogens with one attached hydrogen (secondary N) is 1. The normalized spacial score (nSPS) is 18.2. The minimum absolute atomic E-state index is 0.0436. The van der Waals surface area contributed by atoms with E-state index in [0.717, 1.165) is 39.2 Å². The number of ether oxygens (including phenoxy) is 3. The van der Waals surface area contributed by atoms with Crippen LogP contribution in [-0.4, -0.2) is 25.2 Å². The van der Waals surface area contributed by atoms with E-state index < -0.39 is 5.41 Å². The second-order valence-corrected chi connectivity index (χ2v) is 10.3. The number of rotatable bonds is 4. The molecule has 7 nitrogen and oxygen atoms in total. The number of amides is 2. The van der Waals surface area contributed by atoms with E-state index >= 15 is 0 Å². The van der Waals surface area contributed by atoms with Crippen molar-refractivity contribution < 1.29 is 23.8 Å². The second kappa shape index (κ2) is 8.63. The van der Waals surface area contributed by atoms with Crippen molar-refractivity contribution in [1.29, 1.82) is 0 Å². The first kappa shape index (κ1) is 23.3. The van der Waals surface area contributed by atoms with E-state index in [1.165, 1.54) is 0 Å². The molecule has 194 valence electrons. The Bertz CT molecular complexity index is 1640. The summed E-state index contributed by atoms with van der Waals surface area (Å²) in [4.78, 5) is 28.9. The van der Waals surface area contributed by atoms with Crippen molar-refractivity contribution in [3.8, 4) is 17.2 Å². The number of benzene rings is 4. The van der Waals surface area contributed by atoms with Crippen molar-refractivity contribution >= 4 is 23.2 Å². The topological polar surface area (TPSA) is 77.1 Å². The van der Waals surface area contributed by atoms with E-state index in [2.05, 4.69) is 11.4 Å².